The van der Waals surface area contributed by atoms with Crippen molar-refractivity contribution in [3.8, 4) is 16.9 Å². The number of benzene rings is 2. The molecule has 1 unspecified atom stereocenters. The molecule has 7 heteroatoms. The first-order chi connectivity index (χ1) is 16.3. The third-order valence-corrected chi connectivity index (χ3v) is 6.49. The van der Waals surface area contributed by atoms with Crippen LogP contribution < -0.4 is 5.73 Å². The maximum Gasteiger partial charge on any atom is 0.235 e. The normalized spacial score (nSPS) is 19.5. The first-order valence-corrected chi connectivity index (χ1v) is 11.4. The third kappa shape index (κ3) is 3.78. The lowest BCUT2D eigenvalue weighted by molar-refractivity contribution is -0.119. The van der Waals surface area contributed by atoms with Crippen molar-refractivity contribution in [3.63, 3.8) is 0 Å². The average Bonchev–Trinajstić information content (AvgIpc) is 3.23. The van der Waals surface area contributed by atoms with E-state index in [4.69, 9.17) is 33.7 Å². The second-order valence-electron chi connectivity index (χ2n) is 9.39. The van der Waals surface area contributed by atoms with Gasteiger partial charge in [0.2, 0.25) is 5.70 Å². The number of ether oxygens (including phenoxy) is 1. The number of allylic oxidation sites excluding steroid dienone is 2. The van der Waals surface area contributed by atoms with E-state index in [0.29, 0.717) is 34.9 Å². The lowest BCUT2D eigenvalue weighted by Gasteiger charge is -2.37. The molecule has 1 aromatic heterocycles. The van der Waals surface area contributed by atoms with Crippen LogP contribution in [0.1, 0.15) is 38.2 Å². The van der Waals surface area contributed by atoms with Gasteiger partial charge in [-0.05, 0) is 29.7 Å². The maximum atomic E-state index is 13.4. The monoisotopic (exact) mass is 470 g/mol. The van der Waals surface area contributed by atoms with E-state index in [1.807, 2.05) is 62.5 Å². The molecule has 2 heterocycles. The number of rotatable bonds is 3. The van der Waals surface area contributed by atoms with E-state index in [0.717, 1.165) is 16.8 Å². The van der Waals surface area contributed by atoms with E-state index in [1.165, 1.54) is 0 Å². The van der Waals surface area contributed by atoms with Crippen LogP contribution in [0.4, 0.5) is 0 Å². The topological polar surface area (TPSA) is 74.5 Å². The Hall–Kier alpha value is -3.82. The van der Waals surface area contributed by atoms with Crippen LogP contribution >= 0.6 is 11.6 Å². The maximum absolute atomic E-state index is 13.4. The molecule has 0 bridgehead atoms. The summed E-state index contributed by atoms with van der Waals surface area (Å²) in [4.78, 5) is 17.1. The fourth-order valence-corrected chi connectivity index (χ4v) is 4.85. The highest BCUT2D eigenvalue weighted by molar-refractivity contribution is 6.30. The summed E-state index contributed by atoms with van der Waals surface area (Å²) in [6, 6.07) is 17.1. The number of para-hydroxylation sites is 1. The minimum atomic E-state index is -0.659. The Balaban J connectivity index is 1.76. The van der Waals surface area contributed by atoms with Gasteiger partial charge in [0.1, 0.15) is 5.76 Å². The Morgan fingerprint density at radius 3 is 2.53 bits per heavy atom. The second-order valence-corrected chi connectivity index (χ2v) is 9.83. The Kier molecular flexibility index (Phi) is 5.30. The van der Waals surface area contributed by atoms with Crippen LogP contribution in [0.2, 0.25) is 5.02 Å². The summed E-state index contributed by atoms with van der Waals surface area (Å²) >= 11 is 6.13. The number of hydrogen-bond donors (Lipinski definition) is 1. The van der Waals surface area contributed by atoms with Crippen molar-refractivity contribution in [1.82, 2.24) is 9.78 Å². The van der Waals surface area contributed by atoms with Gasteiger partial charge >= 0.3 is 0 Å². The van der Waals surface area contributed by atoms with Crippen molar-refractivity contribution in [2.75, 3.05) is 0 Å². The number of nitrogens with zero attached hydrogens (tertiary/aromatic N) is 3. The van der Waals surface area contributed by atoms with Gasteiger partial charge in [0, 0.05) is 40.8 Å². The number of nitrogens with two attached hydrogens (primary N) is 1. The van der Waals surface area contributed by atoms with Crippen LogP contribution in [0, 0.1) is 12.0 Å². The zero-order valence-corrected chi connectivity index (χ0v) is 19.6. The zero-order chi connectivity index (χ0) is 24.0. The minimum Gasteiger partial charge on any atom is -0.456 e. The molecule has 6 nitrogen and oxygen atoms in total. The molecule has 2 N–H and O–H groups in total. The molecule has 1 aliphatic carbocycles. The number of halogens is 1. The van der Waals surface area contributed by atoms with E-state index in [-0.39, 0.29) is 22.8 Å². The molecule has 0 spiro atoms. The van der Waals surface area contributed by atoms with Gasteiger partial charge in [-0.1, -0.05) is 55.8 Å². The van der Waals surface area contributed by atoms with Gasteiger partial charge in [-0.15, -0.1) is 0 Å². The highest BCUT2D eigenvalue weighted by atomic mass is 35.5. The summed E-state index contributed by atoms with van der Waals surface area (Å²) in [5, 5.41) is 5.48. The fraction of sp³-hybridized carbons (Fsp3) is 0.222. The van der Waals surface area contributed by atoms with Crippen LogP contribution in [0.15, 0.2) is 83.7 Å². The average molecular weight is 471 g/mol. The molecule has 0 radical (unpaired) electrons. The molecule has 5 rings (SSSR count). The zero-order valence-electron chi connectivity index (χ0n) is 18.9. The summed E-state index contributed by atoms with van der Waals surface area (Å²) in [5.74, 6) is -0.100. The lowest BCUT2D eigenvalue weighted by atomic mass is 9.71. The van der Waals surface area contributed by atoms with Crippen LogP contribution in [0.3, 0.4) is 0 Å². The van der Waals surface area contributed by atoms with Crippen molar-refractivity contribution in [1.29, 1.82) is 0 Å². The molecule has 34 heavy (non-hydrogen) atoms. The van der Waals surface area contributed by atoms with Gasteiger partial charge in [0.25, 0.3) is 0 Å². The summed E-state index contributed by atoms with van der Waals surface area (Å²) < 4.78 is 7.63. The quantitative estimate of drug-likeness (QED) is 0.476. The van der Waals surface area contributed by atoms with Crippen molar-refractivity contribution in [2.24, 2.45) is 11.1 Å². The van der Waals surface area contributed by atoms with Gasteiger partial charge < -0.3 is 10.5 Å². The number of ketones is 1. The van der Waals surface area contributed by atoms with E-state index >= 15 is 0 Å². The molecule has 2 aromatic carbocycles. The highest BCUT2D eigenvalue weighted by Crippen LogP contribution is 2.50. The van der Waals surface area contributed by atoms with E-state index in [2.05, 4.69) is 4.85 Å². The first kappa shape index (κ1) is 22.0. The predicted octanol–water partition coefficient (Wildman–Crippen LogP) is 6.00. The standard InChI is InChI=1S/C27H23ClN4O2/c1-27(2)13-20(33)23-21(14-27)34-26(29)25(30-3)22(23)19-15-32(18-7-5-4-6-8-18)31-24(19)16-9-11-17(28)12-10-16/h4-12,15,22H,13-14,29H2,1-2H3. The predicted molar refractivity (Wildman–Crippen MR) is 131 cm³/mol. The number of carbonyl (C=O) groups excluding carboxylic acids is 1. The number of aromatic nitrogens is 2. The van der Waals surface area contributed by atoms with Gasteiger partial charge in [-0.25, -0.2) is 9.53 Å². The summed E-state index contributed by atoms with van der Waals surface area (Å²) in [6.45, 7) is 11.9. The molecule has 0 amide bonds. The Bertz CT molecular complexity index is 1390. The van der Waals surface area contributed by atoms with Crippen LogP contribution in [-0.4, -0.2) is 15.6 Å². The molecule has 1 aliphatic heterocycles. The largest absolute Gasteiger partial charge is 0.456 e. The SMILES string of the molecule is [C-]#[N+]C1=C(N)OC2=C(C(=O)CC(C)(C)C2)C1c1cn(-c2ccccc2)nc1-c1ccc(Cl)cc1. The molecule has 1 atom stereocenters. The smallest absolute Gasteiger partial charge is 0.235 e. The first-order valence-electron chi connectivity index (χ1n) is 11.0. The van der Waals surface area contributed by atoms with E-state index < -0.39 is 5.92 Å². The molecule has 2 aliphatic rings. The van der Waals surface area contributed by atoms with E-state index in [1.54, 1.807) is 16.8 Å². The molecule has 3 aromatic rings. The highest BCUT2D eigenvalue weighted by Gasteiger charge is 2.44. The van der Waals surface area contributed by atoms with Crippen molar-refractivity contribution in [2.45, 2.75) is 32.6 Å². The minimum absolute atomic E-state index is 0.0283. The lowest BCUT2D eigenvalue weighted by Crippen LogP contribution is -2.33. The van der Waals surface area contributed by atoms with Crippen LogP contribution in [0.25, 0.3) is 21.8 Å². The molecule has 0 fully saturated rings. The number of hydrogen-bond acceptors (Lipinski definition) is 4. The van der Waals surface area contributed by atoms with Gasteiger partial charge in [0.15, 0.2) is 11.7 Å². The van der Waals surface area contributed by atoms with Gasteiger partial charge in [0.05, 0.1) is 23.9 Å². The van der Waals surface area contributed by atoms with Gasteiger partial charge in [-0.3, -0.25) is 4.79 Å². The molecular formula is C27H23ClN4O2. The van der Waals surface area contributed by atoms with Crippen LogP contribution in [-0.2, 0) is 9.53 Å². The second kappa shape index (κ2) is 8.19. The number of Topliss-reactive ketones (excluding diaryl/α,β-unsaturated/α-hetero) is 1. The van der Waals surface area contributed by atoms with E-state index in [9.17, 15) is 4.79 Å². The van der Waals surface area contributed by atoms with Gasteiger partial charge in [-0.2, -0.15) is 5.10 Å². The van der Waals surface area contributed by atoms with Crippen LogP contribution in [0.5, 0.6) is 0 Å². The van der Waals surface area contributed by atoms with Crippen molar-refractivity contribution in [3.05, 3.63) is 106 Å². The molecule has 170 valence electrons. The third-order valence-electron chi connectivity index (χ3n) is 6.24. The number of carbonyl (C=O) groups is 1. The molecular weight excluding hydrogens is 448 g/mol. The fourth-order valence-electron chi connectivity index (χ4n) is 4.72. The Labute approximate surface area is 203 Å². The summed E-state index contributed by atoms with van der Waals surface area (Å²) in [7, 11) is 0. The molecule has 0 saturated heterocycles. The Morgan fingerprint density at radius 1 is 1.15 bits per heavy atom. The summed E-state index contributed by atoms with van der Waals surface area (Å²) in [6.07, 6.45) is 2.82. The summed E-state index contributed by atoms with van der Waals surface area (Å²) in [5.41, 5.74) is 9.77. The van der Waals surface area contributed by atoms with Crippen molar-refractivity contribution < 1.29 is 9.53 Å². The van der Waals surface area contributed by atoms with Crippen molar-refractivity contribution >= 4 is 17.4 Å². The molecule has 0 saturated carbocycles. The Morgan fingerprint density at radius 2 is 1.85 bits per heavy atom.